The number of phenolic OH excluding ortho intramolecular Hbond substituents is 2. The number of piperidine rings is 1. The van der Waals surface area contributed by atoms with Crippen LogP contribution in [0.3, 0.4) is 0 Å². The maximum atomic E-state index is 13.2. The molecule has 4 rings (SSSR count). The molecule has 5 N–H and O–H groups in total. The Morgan fingerprint density at radius 3 is 2.31 bits per heavy atom. The average molecular weight is 403 g/mol. The van der Waals surface area contributed by atoms with Crippen molar-refractivity contribution in [2.45, 2.75) is 50.9 Å². The molecule has 1 heterocycles. The van der Waals surface area contributed by atoms with Gasteiger partial charge in [0.25, 0.3) is 0 Å². The summed E-state index contributed by atoms with van der Waals surface area (Å²) in [4.78, 5) is 27.8. The van der Waals surface area contributed by atoms with Gasteiger partial charge in [0.15, 0.2) is 5.78 Å². The zero-order valence-corrected chi connectivity index (χ0v) is 16.3. The summed E-state index contributed by atoms with van der Waals surface area (Å²) in [5.74, 6) is -1.90. The Kier molecular flexibility index (Phi) is 4.49. The summed E-state index contributed by atoms with van der Waals surface area (Å²) in [6.07, 6.45) is -0.737. The number of aromatic hydroxyl groups is 2. The zero-order chi connectivity index (χ0) is 21.2. The summed E-state index contributed by atoms with van der Waals surface area (Å²) in [5, 5.41) is 52.5. The Balaban J connectivity index is 1.86. The van der Waals surface area contributed by atoms with Crippen LogP contribution in [-0.2, 0) is 6.42 Å². The van der Waals surface area contributed by atoms with Crippen molar-refractivity contribution in [2.24, 2.45) is 5.92 Å². The van der Waals surface area contributed by atoms with Crippen LogP contribution in [0.4, 0.5) is 0 Å². The third kappa shape index (κ3) is 2.86. The average Bonchev–Trinajstić information content (AvgIpc) is 2.66. The second-order valence-electron chi connectivity index (χ2n) is 8.66. The van der Waals surface area contributed by atoms with Gasteiger partial charge in [0.05, 0.1) is 22.4 Å². The number of benzene rings is 1. The van der Waals surface area contributed by atoms with E-state index >= 15 is 0 Å². The van der Waals surface area contributed by atoms with Crippen LogP contribution in [0.2, 0.25) is 0 Å². The maximum Gasteiger partial charge on any atom is 0.213 e. The van der Waals surface area contributed by atoms with Crippen LogP contribution >= 0.6 is 0 Å². The lowest BCUT2D eigenvalue weighted by atomic mass is 9.73. The lowest BCUT2D eigenvalue weighted by molar-refractivity contribution is -0.126. The van der Waals surface area contributed by atoms with Crippen LogP contribution in [0.1, 0.15) is 64.6 Å². The van der Waals surface area contributed by atoms with Gasteiger partial charge in [-0.3, -0.25) is 9.59 Å². The molecular formula is C21H25NO7. The fourth-order valence-electron chi connectivity index (χ4n) is 4.59. The van der Waals surface area contributed by atoms with E-state index in [0.29, 0.717) is 19.0 Å². The van der Waals surface area contributed by atoms with Gasteiger partial charge in [0.1, 0.15) is 23.7 Å². The number of hydrogen-bond acceptors (Lipinski definition) is 8. The summed E-state index contributed by atoms with van der Waals surface area (Å²) in [7, 11) is 0. The first-order chi connectivity index (χ1) is 13.5. The number of carbonyl (C=O) groups is 2. The number of rotatable bonds is 1. The minimum atomic E-state index is -1.78. The molecule has 3 atom stereocenters. The topological polar surface area (TPSA) is 139 Å². The molecule has 156 valence electrons. The Morgan fingerprint density at radius 2 is 1.69 bits per heavy atom. The number of ketones is 2. The number of allylic oxidation sites excluding steroid dienone is 2. The monoisotopic (exact) mass is 403 g/mol. The Hall–Kier alpha value is -2.42. The van der Waals surface area contributed by atoms with Gasteiger partial charge in [0.2, 0.25) is 5.78 Å². The van der Waals surface area contributed by atoms with Gasteiger partial charge in [-0.05, 0) is 25.7 Å². The number of likely N-dealkylation sites (tertiary alicyclic amines) is 1. The number of hydrogen-bond donors (Lipinski definition) is 5. The molecule has 0 unspecified atom stereocenters. The number of carbonyl (C=O) groups excluding carboxylic acids is 2. The second-order valence-corrected chi connectivity index (χ2v) is 8.66. The molecule has 8 nitrogen and oxygen atoms in total. The summed E-state index contributed by atoms with van der Waals surface area (Å²) in [6.45, 7) is 4.63. The van der Waals surface area contributed by atoms with Gasteiger partial charge < -0.3 is 30.4 Å². The predicted octanol–water partition coefficient (Wildman–Crippen LogP) is 0.794. The molecule has 0 saturated carbocycles. The normalized spacial score (nSPS) is 30.1. The van der Waals surface area contributed by atoms with Gasteiger partial charge >= 0.3 is 0 Å². The summed E-state index contributed by atoms with van der Waals surface area (Å²) in [6, 6.07) is 0. The van der Waals surface area contributed by atoms with E-state index in [0.717, 1.165) is 18.9 Å². The standard InChI is InChI=1S/C21H25NO7/c1-9-3-5-22(6-4-9)11-7-12(23)14-15(17(11)25)16(24)10-8-21(2,29)20(28)19(27)13(10)18(14)26/h7,9,19-20,24,26-29H,3-6,8H2,1-2H3/t19-,20+,21-/m0/s1. The van der Waals surface area contributed by atoms with Crippen LogP contribution in [0.25, 0.3) is 0 Å². The van der Waals surface area contributed by atoms with Crippen LogP contribution in [0.15, 0.2) is 11.8 Å². The molecule has 1 aromatic rings. The number of nitrogens with zero attached hydrogens (tertiary/aromatic N) is 1. The molecule has 1 aliphatic heterocycles. The minimum Gasteiger partial charge on any atom is -0.507 e. The molecular weight excluding hydrogens is 378 g/mol. The highest BCUT2D eigenvalue weighted by molar-refractivity contribution is 6.26. The molecule has 3 aliphatic rings. The molecule has 0 radical (unpaired) electrons. The highest BCUT2D eigenvalue weighted by Crippen LogP contribution is 2.49. The third-order valence-electron chi connectivity index (χ3n) is 6.45. The molecule has 0 bridgehead atoms. The van der Waals surface area contributed by atoms with E-state index in [-0.39, 0.29) is 34.4 Å². The van der Waals surface area contributed by atoms with Crippen molar-refractivity contribution in [1.82, 2.24) is 4.90 Å². The van der Waals surface area contributed by atoms with Crippen molar-refractivity contribution in [1.29, 1.82) is 0 Å². The number of fused-ring (bicyclic) bond motifs is 2. The number of aliphatic hydroxyl groups excluding tert-OH is 2. The SMILES string of the molecule is CC1CCN(C2=CC(=O)c3c(O)c4c(c(O)c3C2=O)C[C@](C)(O)[C@H](O)[C@H]4O)CC1. The summed E-state index contributed by atoms with van der Waals surface area (Å²) in [5.41, 5.74) is -2.58. The lowest BCUT2D eigenvalue weighted by Gasteiger charge is -2.40. The minimum absolute atomic E-state index is 0.0429. The van der Waals surface area contributed by atoms with Crippen molar-refractivity contribution in [3.63, 3.8) is 0 Å². The molecule has 2 aliphatic carbocycles. The van der Waals surface area contributed by atoms with E-state index in [4.69, 9.17) is 0 Å². The largest absolute Gasteiger partial charge is 0.507 e. The summed E-state index contributed by atoms with van der Waals surface area (Å²) >= 11 is 0. The van der Waals surface area contributed by atoms with E-state index in [2.05, 4.69) is 6.92 Å². The lowest BCUT2D eigenvalue weighted by Crippen LogP contribution is -2.49. The Labute approximate surface area is 167 Å². The van der Waals surface area contributed by atoms with E-state index in [1.54, 1.807) is 0 Å². The fraction of sp³-hybridized carbons (Fsp3) is 0.524. The molecule has 0 spiro atoms. The molecule has 1 saturated heterocycles. The fourth-order valence-corrected chi connectivity index (χ4v) is 4.59. The van der Waals surface area contributed by atoms with Crippen LogP contribution < -0.4 is 0 Å². The van der Waals surface area contributed by atoms with E-state index in [9.17, 15) is 35.1 Å². The first-order valence-electron chi connectivity index (χ1n) is 9.79. The van der Waals surface area contributed by atoms with E-state index in [1.165, 1.54) is 6.92 Å². The van der Waals surface area contributed by atoms with Crippen molar-refractivity contribution in [2.75, 3.05) is 13.1 Å². The quantitative estimate of drug-likeness (QED) is 0.434. The summed E-state index contributed by atoms with van der Waals surface area (Å²) < 4.78 is 0. The van der Waals surface area contributed by atoms with E-state index in [1.807, 2.05) is 4.90 Å². The smallest absolute Gasteiger partial charge is 0.213 e. The maximum absolute atomic E-state index is 13.2. The Morgan fingerprint density at radius 1 is 1.07 bits per heavy atom. The number of Topliss-reactive ketones (excluding diaryl/α,β-unsaturated/α-hetero) is 1. The molecule has 8 heteroatoms. The van der Waals surface area contributed by atoms with Crippen LogP contribution in [-0.4, -0.2) is 66.8 Å². The predicted molar refractivity (Wildman–Crippen MR) is 102 cm³/mol. The van der Waals surface area contributed by atoms with Crippen molar-refractivity contribution < 1.29 is 35.1 Å². The van der Waals surface area contributed by atoms with Gasteiger partial charge in [-0.1, -0.05) is 6.92 Å². The van der Waals surface area contributed by atoms with Crippen molar-refractivity contribution >= 4 is 11.6 Å². The van der Waals surface area contributed by atoms with Crippen LogP contribution in [0.5, 0.6) is 11.5 Å². The molecule has 0 aromatic heterocycles. The second kappa shape index (κ2) is 6.55. The first-order valence-corrected chi connectivity index (χ1v) is 9.79. The van der Waals surface area contributed by atoms with Gasteiger partial charge in [-0.2, -0.15) is 0 Å². The van der Waals surface area contributed by atoms with Gasteiger partial charge in [-0.25, -0.2) is 0 Å². The third-order valence-corrected chi connectivity index (χ3v) is 6.45. The Bertz CT molecular complexity index is 941. The van der Waals surface area contributed by atoms with Crippen LogP contribution in [0, 0.1) is 5.92 Å². The number of phenols is 2. The number of aliphatic hydroxyl groups is 3. The van der Waals surface area contributed by atoms with Crippen molar-refractivity contribution in [3.8, 4) is 11.5 Å². The van der Waals surface area contributed by atoms with Crippen molar-refractivity contribution in [3.05, 3.63) is 34.0 Å². The molecule has 1 fully saturated rings. The molecule has 0 amide bonds. The zero-order valence-electron chi connectivity index (χ0n) is 16.3. The van der Waals surface area contributed by atoms with Gasteiger partial charge in [-0.15, -0.1) is 0 Å². The van der Waals surface area contributed by atoms with Gasteiger partial charge in [0, 0.05) is 36.7 Å². The highest BCUT2D eigenvalue weighted by atomic mass is 16.4. The molecule has 29 heavy (non-hydrogen) atoms. The highest BCUT2D eigenvalue weighted by Gasteiger charge is 2.48. The van der Waals surface area contributed by atoms with E-state index < -0.39 is 40.9 Å². The molecule has 1 aromatic carbocycles. The first kappa shape index (κ1) is 19.9.